The molecule has 2 aliphatic heterocycles. The number of amides is 2. The first-order valence-electron chi connectivity index (χ1n) is 8.03. The van der Waals surface area contributed by atoms with Gasteiger partial charge >= 0.3 is 0 Å². The fraction of sp³-hybridized carbons (Fsp3) is 0.867. The van der Waals surface area contributed by atoms with E-state index in [-0.39, 0.29) is 30.1 Å². The van der Waals surface area contributed by atoms with Crippen molar-refractivity contribution >= 4 is 36.0 Å². The molecule has 2 saturated heterocycles. The number of likely N-dealkylation sites (tertiary alicyclic amines) is 1. The van der Waals surface area contributed by atoms with Crippen molar-refractivity contribution in [1.82, 2.24) is 9.80 Å². The number of ether oxygens (including phenoxy) is 1. The van der Waals surface area contributed by atoms with Crippen LogP contribution in [-0.4, -0.2) is 79.1 Å². The number of hydrogen-bond acceptors (Lipinski definition) is 5. The van der Waals surface area contributed by atoms with Crippen molar-refractivity contribution in [1.29, 1.82) is 0 Å². The van der Waals surface area contributed by atoms with Gasteiger partial charge < -0.3 is 20.3 Å². The van der Waals surface area contributed by atoms with Gasteiger partial charge in [-0.2, -0.15) is 11.8 Å². The number of carbonyl (C=O) groups excluding carboxylic acids is 2. The van der Waals surface area contributed by atoms with Gasteiger partial charge in [0, 0.05) is 26.2 Å². The van der Waals surface area contributed by atoms with E-state index in [1.54, 1.807) is 16.7 Å². The van der Waals surface area contributed by atoms with Gasteiger partial charge in [-0.1, -0.05) is 0 Å². The third-order valence-corrected chi connectivity index (χ3v) is 5.00. The lowest BCUT2D eigenvalue weighted by atomic mass is 9.95. The summed E-state index contributed by atoms with van der Waals surface area (Å²) in [6.45, 7) is 3.79. The number of morpholine rings is 1. The van der Waals surface area contributed by atoms with Crippen LogP contribution in [0.3, 0.4) is 0 Å². The maximum atomic E-state index is 12.6. The Morgan fingerprint density at radius 2 is 1.96 bits per heavy atom. The lowest BCUT2D eigenvalue weighted by Gasteiger charge is -2.37. The van der Waals surface area contributed by atoms with Crippen LogP contribution in [0, 0.1) is 5.92 Å². The van der Waals surface area contributed by atoms with Gasteiger partial charge in [0.1, 0.15) is 0 Å². The lowest BCUT2D eigenvalue weighted by molar-refractivity contribution is -0.144. The van der Waals surface area contributed by atoms with E-state index >= 15 is 0 Å². The number of piperidine rings is 1. The summed E-state index contributed by atoms with van der Waals surface area (Å²) in [6, 6.07) is -0.440. The minimum absolute atomic E-state index is 0. The molecule has 0 aromatic carbocycles. The molecule has 2 N–H and O–H groups in total. The van der Waals surface area contributed by atoms with Crippen LogP contribution in [0.5, 0.6) is 0 Å². The molecule has 6 nitrogen and oxygen atoms in total. The zero-order valence-corrected chi connectivity index (χ0v) is 15.4. The molecule has 0 saturated carbocycles. The number of thioether (sulfide) groups is 1. The quantitative estimate of drug-likeness (QED) is 0.771. The van der Waals surface area contributed by atoms with Gasteiger partial charge in [-0.05, 0) is 31.3 Å². The minimum atomic E-state index is -0.440. The fourth-order valence-corrected chi connectivity index (χ4v) is 3.51. The molecule has 0 spiro atoms. The molecule has 2 fully saturated rings. The predicted molar refractivity (Wildman–Crippen MR) is 94.9 cm³/mol. The maximum Gasteiger partial charge on any atom is 0.239 e. The van der Waals surface area contributed by atoms with Gasteiger partial charge in [-0.25, -0.2) is 0 Å². The maximum absolute atomic E-state index is 12.6. The number of halogens is 1. The number of rotatable bonds is 5. The highest BCUT2D eigenvalue weighted by Gasteiger charge is 2.33. The average Bonchev–Trinajstić information content (AvgIpc) is 2.59. The molecule has 134 valence electrons. The second kappa shape index (κ2) is 10.4. The largest absolute Gasteiger partial charge is 0.378 e. The van der Waals surface area contributed by atoms with Crippen LogP contribution in [0.2, 0.25) is 0 Å². The van der Waals surface area contributed by atoms with Gasteiger partial charge in [0.25, 0.3) is 0 Å². The van der Waals surface area contributed by atoms with E-state index in [1.165, 1.54) is 0 Å². The minimum Gasteiger partial charge on any atom is -0.378 e. The van der Waals surface area contributed by atoms with Gasteiger partial charge in [-0.3, -0.25) is 9.59 Å². The first-order valence-corrected chi connectivity index (χ1v) is 9.42. The molecule has 0 aromatic rings. The summed E-state index contributed by atoms with van der Waals surface area (Å²) in [4.78, 5) is 28.6. The normalized spacial score (nSPS) is 23.1. The van der Waals surface area contributed by atoms with Crippen LogP contribution in [0.1, 0.15) is 19.3 Å². The molecule has 2 atom stereocenters. The Balaban J connectivity index is 0.00000264. The van der Waals surface area contributed by atoms with Crippen molar-refractivity contribution in [3.8, 4) is 0 Å². The lowest BCUT2D eigenvalue weighted by Crippen LogP contribution is -2.52. The van der Waals surface area contributed by atoms with E-state index in [9.17, 15) is 9.59 Å². The number of nitrogens with two attached hydrogens (primary N) is 1. The van der Waals surface area contributed by atoms with Crippen molar-refractivity contribution in [3.63, 3.8) is 0 Å². The molecule has 23 heavy (non-hydrogen) atoms. The average molecular weight is 366 g/mol. The summed E-state index contributed by atoms with van der Waals surface area (Å²) < 4.78 is 5.29. The molecular weight excluding hydrogens is 338 g/mol. The zero-order valence-electron chi connectivity index (χ0n) is 13.7. The molecule has 1 unspecified atom stereocenters. The highest BCUT2D eigenvalue weighted by atomic mass is 35.5. The van der Waals surface area contributed by atoms with Crippen LogP contribution in [0.4, 0.5) is 0 Å². The van der Waals surface area contributed by atoms with Gasteiger partial charge in [0.2, 0.25) is 11.8 Å². The van der Waals surface area contributed by atoms with Crippen LogP contribution >= 0.6 is 24.2 Å². The Bertz CT molecular complexity index is 394. The van der Waals surface area contributed by atoms with Crippen LogP contribution < -0.4 is 5.73 Å². The third kappa shape index (κ3) is 5.81. The molecule has 2 rings (SSSR count). The Morgan fingerprint density at radius 3 is 2.61 bits per heavy atom. The second-order valence-corrected chi connectivity index (χ2v) is 6.93. The second-order valence-electron chi connectivity index (χ2n) is 5.95. The molecule has 0 radical (unpaired) electrons. The molecule has 8 heteroatoms. The molecular formula is C15H28ClN3O3S. The Hall–Kier alpha value is -0.500. The Morgan fingerprint density at radius 1 is 1.26 bits per heavy atom. The van der Waals surface area contributed by atoms with Crippen molar-refractivity contribution < 1.29 is 14.3 Å². The van der Waals surface area contributed by atoms with Crippen LogP contribution in [-0.2, 0) is 14.3 Å². The highest BCUT2D eigenvalue weighted by Crippen LogP contribution is 2.20. The standard InChI is InChI=1S/C15H27N3O3S.ClH/c1-22-10-4-13(16)15(20)18-5-2-3-12(11-18)14(19)17-6-8-21-9-7-17;/h12-13H,2-11,16H2,1H3;1H/t12?,13-;/m0./s1. The topological polar surface area (TPSA) is 75.9 Å². The summed E-state index contributed by atoms with van der Waals surface area (Å²) in [6.07, 6.45) is 4.44. The van der Waals surface area contributed by atoms with Crippen molar-refractivity contribution in [3.05, 3.63) is 0 Å². The monoisotopic (exact) mass is 365 g/mol. The molecule has 0 aromatic heterocycles. The number of hydrogen-bond donors (Lipinski definition) is 1. The van der Waals surface area contributed by atoms with Crippen molar-refractivity contribution in [2.45, 2.75) is 25.3 Å². The Labute approximate surface area is 148 Å². The Kier molecular flexibility index (Phi) is 9.27. The third-order valence-electron chi connectivity index (χ3n) is 4.36. The summed E-state index contributed by atoms with van der Waals surface area (Å²) >= 11 is 1.69. The molecule has 0 bridgehead atoms. The van der Waals surface area contributed by atoms with Crippen molar-refractivity contribution in [2.24, 2.45) is 11.7 Å². The van der Waals surface area contributed by atoms with E-state index in [0.29, 0.717) is 39.3 Å². The van der Waals surface area contributed by atoms with E-state index in [4.69, 9.17) is 10.5 Å². The first kappa shape index (κ1) is 20.5. The van der Waals surface area contributed by atoms with Gasteiger partial charge in [0.15, 0.2) is 0 Å². The molecule has 2 heterocycles. The fourth-order valence-electron chi connectivity index (χ4n) is 3.02. The van der Waals surface area contributed by atoms with Crippen molar-refractivity contribution in [2.75, 3.05) is 51.4 Å². The van der Waals surface area contributed by atoms with E-state index in [0.717, 1.165) is 25.1 Å². The molecule has 0 aliphatic carbocycles. The molecule has 2 amide bonds. The number of carbonyl (C=O) groups is 2. The number of nitrogens with zero attached hydrogens (tertiary/aromatic N) is 2. The van der Waals surface area contributed by atoms with E-state index in [2.05, 4.69) is 0 Å². The van der Waals surface area contributed by atoms with Gasteiger partial charge in [-0.15, -0.1) is 12.4 Å². The van der Waals surface area contributed by atoms with Crippen LogP contribution in [0.15, 0.2) is 0 Å². The zero-order chi connectivity index (χ0) is 15.9. The summed E-state index contributed by atoms with van der Waals surface area (Å²) in [5.74, 6) is 0.965. The smallest absolute Gasteiger partial charge is 0.239 e. The predicted octanol–water partition coefficient (Wildman–Crippen LogP) is 0.586. The van der Waals surface area contributed by atoms with E-state index < -0.39 is 6.04 Å². The summed E-state index contributed by atoms with van der Waals surface area (Å²) in [5, 5.41) is 0. The summed E-state index contributed by atoms with van der Waals surface area (Å²) in [7, 11) is 0. The highest BCUT2D eigenvalue weighted by molar-refractivity contribution is 7.98. The van der Waals surface area contributed by atoms with E-state index in [1.807, 2.05) is 11.2 Å². The first-order chi connectivity index (χ1) is 10.6. The summed E-state index contributed by atoms with van der Waals surface area (Å²) in [5.41, 5.74) is 5.98. The SMILES string of the molecule is CSCC[C@H](N)C(=O)N1CCCC(C(=O)N2CCOCC2)C1.Cl. The van der Waals surface area contributed by atoms with Crippen LogP contribution in [0.25, 0.3) is 0 Å². The molecule has 2 aliphatic rings. The van der Waals surface area contributed by atoms with Gasteiger partial charge in [0.05, 0.1) is 25.2 Å².